The van der Waals surface area contributed by atoms with Crippen LogP contribution in [0.2, 0.25) is 5.02 Å². The molecule has 5 nitrogen and oxygen atoms in total. The van der Waals surface area contributed by atoms with E-state index in [0.29, 0.717) is 18.1 Å². The lowest BCUT2D eigenvalue weighted by molar-refractivity contribution is -0.129. The smallest absolute Gasteiger partial charge is 0.241 e. The molecule has 1 aromatic carbocycles. The van der Waals surface area contributed by atoms with Gasteiger partial charge in [-0.15, -0.1) is 0 Å². The molecular weight excluding hydrogens is 288 g/mol. The Hall–Kier alpha value is -1.11. The van der Waals surface area contributed by atoms with E-state index in [2.05, 4.69) is 4.72 Å². The Balaban J connectivity index is 2.74. The van der Waals surface area contributed by atoms with Gasteiger partial charge >= 0.3 is 0 Å². The Morgan fingerprint density at radius 3 is 2.47 bits per heavy atom. The van der Waals surface area contributed by atoms with E-state index in [1.165, 1.54) is 12.1 Å². The fourth-order valence-corrected chi connectivity index (χ4v) is 2.84. The minimum Gasteiger partial charge on any atom is -0.342 e. The van der Waals surface area contributed by atoms with Crippen molar-refractivity contribution in [2.24, 2.45) is 0 Å². The first-order valence-electron chi connectivity index (χ1n) is 5.93. The van der Waals surface area contributed by atoms with Gasteiger partial charge < -0.3 is 4.90 Å². The van der Waals surface area contributed by atoms with Crippen LogP contribution in [-0.4, -0.2) is 38.9 Å². The van der Waals surface area contributed by atoms with Crippen LogP contribution in [0, 0.1) is 0 Å². The number of benzene rings is 1. The van der Waals surface area contributed by atoms with Gasteiger partial charge in [-0.1, -0.05) is 17.7 Å². The fraction of sp³-hybridized carbons (Fsp3) is 0.417. The van der Waals surface area contributed by atoms with Crippen LogP contribution in [0.15, 0.2) is 29.2 Å². The maximum Gasteiger partial charge on any atom is 0.241 e. The Bertz CT molecular complexity index is 542. The second-order valence-corrected chi connectivity index (χ2v) is 6.05. The minimum absolute atomic E-state index is 0.0485. The highest BCUT2D eigenvalue weighted by atomic mass is 35.5. The van der Waals surface area contributed by atoms with Crippen LogP contribution >= 0.6 is 11.6 Å². The monoisotopic (exact) mass is 304 g/mol. The Kier molecular flexibility index (Phi) is 5.78. The zero-order valence-electron chi connectivity index (χ0n) is 10.9. The van der Waals surface area contributed by atoms with Gasteiger partial charge in [0.25, 0.3) is 0 Å². The van der Waals surface area contributed by atoms with E-state index in [0.717, 1.165) is 0 Å². The largest absolute Gasteiger partial charge is 0.342 e. The third-order valence-corrected chi connectivity index (χ3v) is 4.27. The molecule has 1 amide bonds. The Labute approximate surface area is 118 Å². The molecule has 0 unspecified atom stereocenters. The van der Waals surface area contributed by atoms with Gasteiger partial charge in [0.15, 0.2) is 0 Å². The van der Waals surface area contributed by atoms with E-state index in [-0.39, 0.29) is 17.3 Å². The first-order chi connectivity index (χ1) is 8.90. The summed E-state index contributed by atoms with van der Waals surface area (Å²) in [6.45, 7) is 4.53. The third kappa shape index (κ3) is 4.49. The molecule has 0 aliphatic rings. The topological polar surface area (TPSA) is 66.5 Å². The van der Waals surface area contributed by atoms with Crippen molar-refractivity contribution in [3.05, 3.63) is 29.3 Å². The van der Waals surface area contributed by atoms with Crippen LogP contribution in [0.4, 0.5) is 0 Å². The minimum atomic E-state index is -3.71. The quantitative estimate of drug-likeness (QED) is 0.866. The summed E-state index contributed by atoms with van der Waals surface area (Å²) >= 11 is 5.74. The Morgan fingerprint density at radius 1 is 1.32 bits per heavy atom. The fourth-order valence-electron chi connectivity index (χ4n) is 1.56. The third-order valence-electron chi connectivity index (χ3n) is 2.64. The second kappa shape index (κ2) is 6.88. The zero-order valence-corrected chi connectivity index (χ0v) is 12.5. The Morgan fingerprint density at radius 2 is 1.95 bits per heavy atom. The van der Waals surface area contributed by atoms with Gasteiger partial charge in [-0.2, -0.15) is 0 Å². The average molecular weight is 305 g/mol. The average Bonchev–Trinajstić information content (AvgIpc) is 2.38. The van der Waals surface area contributed by atoms with Gasteiger partial charge in [-0.3, -0.25) is 4.79 Å². The molecular formula is C12H17ClN2O3S. The second-order valence-electron chi connectivity index (χ2n) is 3.85. The molecule has 0 atom stereocenters. The highest BCUT2D eigenvalue weighted by Gasteiger charge is 2.17. The van der Waals surface area contributed by atoms with Crippen LogP contribution in [0.3, 0.4) is 0 Å². The molecule has 0 aliphatic heterocycles. The molecule has 0 spiro atoms. The van der Waals surface area contributed by atoms with Crippen molar-refractivity contribution in [3.63, 3.8) is 0 Å². The summed E-state index contributed by atoms with van der Waals surface area (Å²) in [5, 5.41) is 0.331. The van der Waals surface area contributed by atoms with Crippen molar-refractivity contribution in [1.29, 1.82) is 0 Å². The van der Waals surface area contributed by atoms with Gasteiger partial charge in [-0.05, 0) is 32.0 Å². The van der Waals surface area contributed by atoms with Crippen LogP contribution < -0.4 is 4.72 Å². The highest BCUT2D eigenvalue weighted by Crippen LogP contribution is 2.14. The first kappa shape index (κ1) is 15.9. The normalized spacial score (nSPS) is 11.3. The number of amides is 1. The first-order valence-corrected chi connectivity index (χ1v) is 7.79. The lowest BCUT2D eigenvalue weighted by Crippen LogP contribution is -2.39. The molecule has 106 valence electrons. The van der Waals surface area contributed by atoms with Gasteiger partial charge in [0.2, 0.25) is 15.9 Å². The van der Waals surface area contributed by atoms with E-state index >= 15 is 0 Å². The molecule has 0 saturated heterocycles. The molecule has 0 bridgehead atoms. The molecule has 0 heterocycles. The number of carbonyl (C=O) groups is 1. The number of hydrogen-bond donors (Lipinski definition) is 1. The van der Waals surface area contributed by atoms with E-state index in [4.69, 9.17) is 11.6 Å². The molecule has 7 heteroatoms. The lowest BCUT2D eigenvalue weighted by atomic mass is 10.4. The van der Waals surface area contributed by atoms with Crippen LogP contribution in [0.1, 0.15) is 13.8 Å². The van der Waals surface area contributed by atoms with Gasteiger partial charge in [-0.25, -0.2) is 13.1 Å². The molecule has 19 heavy (non-hydrogen) atoms. The zero-order chi connectivity index (χ0) is 14.5. The van der Waals surface area contributed by atoms with Crippen molar-refractivity contribution >= 4 is 27.5 Å². The molecule has 0 aromatic heterocycles. The molecule has 0 fully saturated rings. The maximum absolute atomic E-state index is 11.9. The van der Waals surface area contributed by atoms with Crippen molar-refractivity contribution < 1.29 is 13.2 Å². The number of nitrogens with one attached hydrogen (secondary N) is 1. The molecule has 1 aromatic rings. The predicted octanol–water partition coefficient (Wildman–Crippen LogP) is 1.49. The van der Waals surface area contributed by atoms with E-state index in [1.807, 2.05) is 13.8 Å². The highest BCUT2D eigenvalue weighted by molar-refractivity contribution is 7.89. The van der Waals surface area contributed by atoms with Gasteiger partial charge in [0, 0.05) is 18.1 Å². The molecule has 1 rings (SSSR count). The number of hydrogen-bond acceptors (Lipinski definition) is 3. The predicted molar refractivity (Wildman–Crippen MR) is 74.6 cm³/mol. The van der Waals surface area contributed by atoms with Crippen molar-refractivity contribution in [2.45, 2.75) is 18.7 Å². The van der Waals surface area contributed by atoms with Crippen LogP contribution in [0.25, 0.3) is 0 Å². The number of rotatable bonds is 6. The number of halogens is 1. The number of likely N-dealkylation sites (N-methyl/N-ethyl adjacent to an activating group) is 1. The van der Waals surface area contributed by atoms with Crippen LogP contribution in [-0.2, 0) is 14.8 Å². The summed E-state index contributed by atoms with van der Waals surface area (Å²) < 4.78 is 26.2. The summed E-state index contributed by atoms with van der Waals surface area (Å²) in [4.78, 5) is 13.3. The number of nitrogens with zero attached hydrogens (tertiary/aromatic N) is 1. The number of sulfonamides is 1. The summed E-state index contributed by atoms with van der Waals surface area (Å²) in [5.74, 6) is -0.254. The summed E-state index contributed by atoms with van der Waals surface area (Å²) in [5.41, 5.74) is 0. The van der Waals surface area contributed by atoms with Gasteiger partial charge in [0.1, 0.15) is 0 Å². The summed E-state index contributed by atoms with van der Waals surface area (Å²) in [7, 11) is -3.71. The standard InChI is InChI=1S/C12H17ClN2O3S/c1-3-15(4-2)12(16)9-14-19(17,18)11-7-5-6-10(13)8-11/h5-8,14H,3-4,9H2,1-2H3. The molecule has 0 aliphatic carbocycles. The summed E-state index contributed by atoms with van der Waals surface area (Å²) in [6, 6.07) is 5.90. The van der Waals surface area contributed by atoms with Gasteiger partial charge in [0.05, 0.1) is 11.4 Å². The maximum atomic E-state index is 11.9. The van der Waals surface area contributed by atoms with Crippen molar-refractivity contribution in [3.8, 4) is 0 Å². The van der Waals surface area contributed by atoms with E-state index < -0.39 is 10.0 Å². The SMILES string of the molecule is CCN(CC)C(=O)CNS(=O)(=O)c1cccc(Cl)c1. The van der Waals surface area contributed by atoms with E-state index in [1.54, 1.807) is 17.0 Å². The number of carbonyl (C=O) groups excluding carboxylic acids is 1. The summed E-state index contributed by atoms with van der Waals surface area (Å²) in [6.07, 6.45) is 0. The van der Waals surface area contributed by atoms with Crippen LogP contribution in [0.5, 0.6) is 0 Å². The molecule has 1 N–H and O–H groups in total. The van der Waals surface area contributed by atoms with Crippen molar-refractivity contribution in [2.75, 3.05) is 19.6 Å². The lowest BCUT2D eigenvalue weighted by Gasteiger charge is -2.18. The van der Waals surface area contributed by atoms with Crippen molar-refractivity contribution in [1.82, 2.24) is 9.62 Å². The molecule has 0 radical (unpaired) electrons. The molecule has 0 saturated carbocycles. The van der Waals surface area contributed by atoms with E-state index in [9.17, 15) is 13.2 Å².